The molecule has 1 fully saturated rings. The molecule has 22 heavy (non-hydrogen) atoms. The fourth-order valence-electron chi connectivity index (χ4n) is 3.07. The van der Waals surface area contributed by atoms with Crippen molar-refractivity contribution in [2.75, 3.05) is 13.2 Å². The molecule has 1 aliphatic heterocycles. The Labute approximate surface area is 132 Å². The summed E-state index contributed by atoms with van der Waals surface area (Å²) in [6.45, 7) is 9.55. The molecular weight excluding hydrogens is 282 g/mol. The van der Waals surface area contributed by atoms with Crippen molar-refractivity contribution in [3.8, 4) is 0 Å². The lowest BCUT2D eigenvalue weighted by atomic mass is 9.92. The van der Waals surface area contributed by atoms with Crippen molar-refractivity contribution in [3.63, 3.8) is 0 Å². The molecule has 2 heterocycles. The zero-order chi connectivity index (χ0) is 16.2. The molecule has 1 aromatic rings. The minimum Gasteiger partial charge on any atom is -0.481 e. The zero-order valence-corrected chi connectivity index (χ0v) is 13.8. The molecule has 0 saturated carbocycles. The number of carboxylic acid groups (broad SMARTS) is 1. The highest BCUT2D eigenvalue weighted by molar-refractivity contribution is 5.66. The van der Waals surface area contributed by atoms with Crippen LogP contribution in [-0.4, -0.2) is 50.6 Å². The first-order valence-corrected chi connectivity index (χ1v) is 8.01. The maximum absolute atomic E-state index is 10.6. The van der Waals surface area contributed by atoms with Gasteiger partial charge in [-0.25, -0.2) is 0 Å². The maximum atomic E-state index is 10.6. The Bertz CT molecular complexity index is 499. The van der Waals surface area contributed by atoms with Gasteiger partial charge in [0.2, 0.25) is 0 Å². The third-order valence-electron chi connectivity index (χ3n) is 4.22. The van der Waals surface area contributed by atoms with E-state index in [0.29, 0.717) is 12.6 Å². The molecule has 6 nitrogen and oxygen atoms in total. The lowest BCUT2D eigenvalue weighted by molar-refractivity contribution is -0.137. The molecule has 0 bridgehead atoms. The van der Waals surface area contributed by atoms with E-state index in [-0.39, 0.29) is 12.0 Å². The van der Waals surface area contributed by atoms with Gasteiger partial charge in [-0.1, -0.05) is 6.92 Å². The first-order valence-electron chi connectivity index (χ1n) is 8.01. The van der Waals surface area contributed by atoms with E-state index in [1.165, 1.54) is 0 Å². The van der Waals surface area contributed by atoms with E-state index in [2.05, 4.69) is 30.8 Å². The summed E-state index contributed by atoms with van der Waals surface area (Å²) in [6, 6.07) is 0.524. The monoisotopic (exact) mass is 309 g/mol. The van der Waals surface area contributed by atoms with Crippen LogP contribution in [0.25, 0.3) is 0 Å². The van der Waals surface area contributed by atoms with E-state index in [9.17, 15) is 4.79 Å². The fourth-order valence-corrected chi connectivity index (χ4v) is 3.07. The van der Waals surface area contributed by atoms with Crippen molar-refractivity contribution < 1.29 is 14.6 Å². The number of aromatic nitrogens is 2. The molecule has 0 aromatic carbocycles. The summed E-state index contributed by atoms with van der Waals surface area (Å²) in [7, 11) is 0. The van der Waals surface area contributed by atoms with Crippen LogP contribution in [0.1, 0.15) is 45.6 Å². The van der Waals surface area contributed by atoms with Crippen LogP contribution in [0.2, 0.25) is 0 Å². The van der Waals surface area contributed by atoms with Gasteiger partial charge in [-0.15, -0.1) is 0 Å². The number of aryl methyl sites for hydroxylation is 1. The zero-order valence-electron chi connectivity index (χ0n) is 13.8. The van der Waals surface area contributed by atoms with Gasteiger partial charge in [-0.3, -0.25) is 14.4 Å². The number of hydrogen-bond acceptors (Lipinski definition) is 4. The van der Waals surface area contributed by atoms with E-state index in [0.717, 1.165) is 38.1 Å². The van der Waals surface area contributed by atoms with E-state index < -0.39 is 5.97 Å². The second kappa shape index (κ2) is 7.24. The molecule has 2 rings (SSSR count). The Kier molecular flexibility index (Phi) is 5.58. The van der Waals surface area contributed by atoms with Gasteiger partial charge in [0.1, 0.15) is 0 Å². The highest BCUT2D eigenvalue weighted by atomic mass is 16.5. The molecule has 0 radical (unpaired) electrons. The normalized spacial score (nSPS) is 21.2. The number of carboxylic acids is 1. The van der Waals surface area contributed by atoms with Crippen LogP contribution in [0.5, 0.6) is 0 Å². The van der Waals surface area contributed by atoms with E-state index in [4.69, 9.17) is 9.84 Å². The average molecular weight is 309 g/mol. The van der Waals surface area contributed by atoms with Crippen molar-refractivity contribution in [1.82, 2.24) is 14.7 Å². The van der Waals surface area contributed by atoms with E-state index >= 15 is 0 Å². The van der Waals surface area contributed by atoms with Gasteiger partial charge in [-0.2, -0.15) is 5.10 Å². The highest BCUT2D eigenvalue weighted by Gasteiger charge is 2.31. The number of ether oxygens (including phenoxy) is 1. The van der Waals surface area contributed by atoms with Gasteiger partial charge in [0, 0.05) is 31.0 Å². The standard InChI is InChI=1S/C16H27N3O3/c1-4-18(14-6-8-22-16(2,3)9-14)11-13-10-17-19(12-13)7-5-15(20)21/h10,12,14H,4-9,11H2,1-3H3,(H,20,21)/t14-/m1/s1. The second-order valence-corrected chi connectivity index (χ2v) is 6.57. The SMILES string of the molecule is CCN(Cc1cnn(CCC(=O)O)c1)[C@@H]1CCOC(C)(C)C1. The average Bonchev–Trinajstić information content (AvgIpc) is 2.89. The molecule has 1 N–H and O–H groups in total. The molecule has 1 aliphatic rings. The molecule has 1 aromatic heterocycles. The van der Waals surface area contributed by atoms with Gasteiger partial charge in [0.15, 0.2) is 0 Å². The molecule has 124 valence electrons. The van der Waals surface area contributed by atoms with Crippen LogP contribution in [0.4, 0.5) is 0 Å². The van der Waals surface area contributed by atoms with Gasteiger partial charge in [0.25, 0.3) is 0 Å². The summed E-state index contributed by atoms with van der Waals surface area (Å²) < 4.78 is 7.51. The number of hydrogen-bond donors (Lipinski definition) is 1. The second-order valence-electron chi connectivity index (χ2n) is 6.57. The highest BCUT2D eigenvalue weighted by Crippen LogP contribution is 2.28. The summed E-state index contributed by atoms with van der Waals surface area (Å²) in [4.78, 5) is 13.1. The third kappa shape index (κ3) is 4.81. The van der Waals surface area contributed by atoms with Crippen LogP contribution >= 0.6 is 0 Å². The molecule has 0 spiro atoms. The summed E-state index contributed by atoms with van der Waals surface area (Å²) in [6.07, 6.45) is 6.00. The third-order valence-corrected chi connectivity index (χ3v) is 4.22. The summed E-state index contributed by atoms with van der Waals surface area (Å²) in [5.74, 6) is -0.795. The number of rotatable bonds is 7. The summed E-state index contributed by atoms with van der Waals surface area (Å²) in [5.41, 5.74) is 1.08. The number of carbonyl (C=O) groups is 1. The van der Waals surface area contributed by atoms with Crippen molar-refractivity contribution in [2.45, 2.75) is 64.8 Å². The lowest BCUT2D eigenvalue weighted by Crippen LogP contribution is -2.45. The maximum Gasteiger partial charge on any atom is 0.305 e. The van der Waals surface area contributed by atoms with E-state index in [1.807, 2.05) is 12.4 Å². The Morgan fingerprint density at radius 2 is 2.36 bits per heavy atom. The molecule has 6 heteroatoms. The quantitative estimate of drug-likeness (QED) is 0.836. The molecular formula is C16H27N3O3. The van der Waals surface area contributed by atoms with Crippen molar-refractivity contribution in [2.24, 2.45) is 0 Å². The van der Waals surface area contributed by atoms with Gasteiger partial charge in [-0.05, 0) is 33.2 Å². The van der Waals surface area contributed by atoms with Crippen molar-refractivity contribution in [3.05, 3.63) is 18.0 Å². The molecule has 1 saturated heterocycles. The van der Waals surface area contributed by atoms with Crippen LogP contribution in [-0.2, 0) is 22.6 Å². The minimum atomic E-state index is -0.795. The van der Waals surface area contributed by atoms with Crippen LogP contribution < -0.4 is 0 Å². The van der Waals surface area contributed by atoms with Crippen molar-refractivity contribution >= 4 is 5.97 Å². The van der Waals surface area contributed by atoms with E-state index in [1.54, 1.807) is 4.68 Å². The lowest BCUT2D eigenvalue weighted by Gasteiger charge is -2.40. The first-order chi connectivity index (χ1) is 10.4. The van der Waals surface area contributed by atoms with Gasteiger partial charge >= 0.3 is 5.97 Å². The number of aliphatic carboxylic acids is 1. The predicted molar refractivity (Wildman–Crippen MR) is 83.6 cm³/mol. The summed E-state index contributed by atoms with van der Waals surface area (Å²) in [5, 5.41) is 13.0. The molecule has 1 atom stereocenters. The largest absolute Gasteiger partial charge is 0.481 e. The van der Waals surface area contributed by atoms with Gasteiger partial charge < -0.3 is 9.84 Å². The van der Waals surface area contributed by atoms with Crippen LogP contribution in [0.15, 0.2) is 12.4 Å². The fraction of sp³-hybridized carbons (Fsp3) is 0.750. The summed E-state index contributed by atoms with van der Waals surface area (Å²) >= 11 is 0. The van der Waals surface area contributed by atoms with Crippen molar-refractivity contribution in [1.29, 1.82) is 0 Å². The van der Waals surface area contributed by atoms with Gasteiger partial charge in [0.05, 0.1) is 24.8 Å². The van der Waals surface area contributed by atoms with Crippen LogP contribution in [0, 0.1) is 0 Å². The number of nitrogens with zero attached hydrogens (tertiary/aromatic N) is 3. The van der Waals surface area contributed by atoms with Crippen LogP contribution in [0.3, 0.4) is 0 Å². The topological polar surface area (TPSA) is 67.6 Å². The Hall–Kier alpha value is -1.40. The first kappa shape index (κ1) is 17.0. The Morgan fingerprint density at radius 3 is 3.00 bits per heavy atom. The minimum absolute atomic E-state index is 0.0536. The smallest absolute Gasteiger partial charge is 0.305 e. The molecule has 0 amide bonds. The predicted octanol–water partition coefficient (Wildman–Crippen LogP) is 2.14. The Balaban J connectivity index is 1.94. The molecule has 0 aliphatic carbocycles. The Morgan fingerprint density at radius 1 is 1.59 bits per heavy atom. The molecule has 0 unspecified atom stereocenters.